The summed E-state index contributed by atoms with van der Waals surface area (Å²) < 4.78 is 19.6. The minimum absolute atomic E-state index is 0.211. The fourth-order valence-corrected chi connectivity index (χ4v) is 2.66. The van der Waals surface area contributed by atoms with Crippen LogP contribution in [0.15, 0.2) is 52.0 Å². The second-order valence-electron chi connectivity index (χ2n) is 5.42. The number of hydrazone groups is 1. The molecule has 0 aliphatic carbocycles. The van der Waals surface area contributed by atoms with E-state index in [4.69, 9.17) is 4.74 Å². The van der Waals surface area contributed by atoms with Gasteiger partial charge in [0.1, 0.15) is 11.6 Å². The van der Waals surface area contributed by atoms with Crippen molar-refractivity contribution in [2.45, 2.75) is 26.2 Å². The monoisotopic (exact) mass is 406 g/mol. The lowest BCUT2D eigenvalue weighted by atomic mass is 10.2. The molecule has 0 bridgehead atoms. The molecule has 0 atom stereocenters. The molecular formula is C19H20BrFN2O2. The van der Waals surface area contributed by atoms with Gasteiger partial charge in [-0.1, -0.05) is 25.1 Å². The Morgan fingerprint density at radius 3 is 2.88 bits per heavy atom. The number of nitrogens with zero attached hydrogens (tertiary/aromatic N) is 1. The molecule has 0 unspecified atom stereocenters. The summed E-state index contributed by atoms with van der Waals surface area (Å²) in [5, 5.41) is 3.81. The van der Waals surface area contributed by atoms with Gasteiger partial charge in [0.05, 0.1) is 17.3 Å². The third kappa shape index (κ3) is 6.66. The first-order valence-electron chi connectivity index (χ1n) is 8.07. The van der Waals surface area contributed by atoms with Crippen molar-refractivity contribution < 1.29 is 13.9 Å². The molecule has 1 N–H and O–H groups in total. The molecule has 2 rings (SSSR count). The summed E-state index contributed by atoms with van der Waals surface area (Å²) in [4.78, 5) is 11.7. The molecule has 0 aliphatic rings. The molecule has 2 aromatic carbocycles. The molecule has 0 saturated heterocycles. The van der Waals surface area contributed by atoms with Crippen LogP contribution in [0.1, 0.15) is 30.9 Å². The average molecular weight is 407 g/mol. The Bertz CT molecular complexity index is 750. The first-order valence-corrected chi connectivity index (χ1v) is 8.86. The van der Waals surface area contributed by atoms with Crippen LogP contribution in [0.5, 0.6) is 5.75 Å². The van der Waals surface area contributed by atoms with E-state index in [1.54, 1.807) is 12.1 Å². The molecule has 1 amide bonds. The number of hydrogen-bond donors (Lipinski definition) is 1. The lowest BCUT2D eigenvalue weighted by molar-refractivity contribution is -0.121. The van der Waals surface area contributed by atoms with E-state index >= 15 is 0 Å². The molecule has 6 heteroatoms. The standard InChI is InChI=1S/C19H20BrFN2O2/c1-2-14-8-9-18(17(20)12-14)25-10-4-7-19(24)23-22-13-15-5-3-6-16(21)11-15/h3,5-6,8-9,11-13H,2,4,7,10H2,1H3,(H,23,24)/b22-13+. The number of hydrogen-bond acceptors (Lipinski definition) is 3. The number of carbonyl (C=O) groups is 1. The summed E-state index contributed by atoms with van der Waals surface area (Å²) >= 11 is 3.48. The van der Waals surface area contributed by atoms with Crippen molar-refractivity contribution in [1.82, 2.24) is 5.43 Å². The normalized spacial score (nSPS) is 10.8. The molecule has 0 aliphatic heterocycles. The Labute approximate surface area is 155 Å². The molecular weight excluding hydrogens is 387 g/mol. The molecule has 4 nitrogen and oxygen atoms in total. The highest BCUT2D eigenvalue weighted by atomic mass is 79.9. The van der Waals surface area contributed by atoms with Gasteiger partial charge in [0, 0.05) is 6.42 Å². The Hall–Kier alpha value is -2.21. The van der Waals surface area contributed by atoms with E-state index in [-0.39, 0.29) is 11.7 Å². The number of rotatable bonds is 8. The van der Waals surface area contributed by atoms with Crippen LogP contribution in [0.2, 0.25) is 0 Å². The Morgan fingerprint density at radius 2 is 2.16 bits per heavy atom. The molecule has 132 valence electrons. The van der Waals surface area contributed by atoms with Crippen molar-refractivity contribution in [3.8, 4) is 5.75 Å². The zero-order valence-electron chi connectivity index (χ0n) is 14.0. The zero-order chi connectivity index (χ0) is 18.1. The van der Waals surface area contributed by atoms with E-state index < -0.39 is 0 Å². The van der Waals surface area contributed by atoms with Gasteiger partial charge in [-0.2, -0.15) is 5.10 Å². The van der Waals surface area contributed by atoms with Crippen molar-refractivity contribution in [2.75, 3.05) is 6.61 Å². The molecule has 25 heavy (non-hydrogen) atoms. The molecule has 0 heterocycles. The summed E-state index contributed by atoms with van der Waals surface area (Å²) in [6, 6.07) is 12.0. The fraction of sp³-hybridized carbons (Fsp3) is 0.263. The van der Waals surface area contributed by atoms with Gasteiger partial charge in [-0.15, -0.1) is 0 Å². The second-order valence-corrected chi connectivity index (χ2v) is 6.27. The number of aryl methyl sites for hydroxylation is 1. The molecule has 2 aromatic rings. The fourth-order valence-electron chi connectivity index (χ4n) is 2.12. The largest absolute Gasteiger partial charge is 0.492 e. The van der Waals surface area contributed by atoms with Crippen molar-refractivity contribution >= 4 is 28.1 Å². The summed E-state index contributed by atoms with van der Waals surface area (Å²) in [7, 11) is 0. The predicted octanol–water partition coefficient (Wildman–Crippen LogP) is 4.46. The summed E-state index contributed by atoms with van der Waals surface area (Å²) in [6.45, 7) is 2.53. The Kier molecular flexibility index (Phi) is 7.60. The molecule has 0 radical (unpaired) electrons. The lowest BCUT2D eigenvalue weighted by Crippen LogP contribution is -2.18. The zero-order valence-corrected chi connectivity index (χ0v) is 15.6. The molecule has 0 fully saturated rings. The number of benzene rings is 2. The van der Waals surface area contributed by atoms with Gasteiger partial charge in [0.25, 0.3) is 0 Å². The van der Waals surface area contributed by atoms with Crippen molar-refractivity contribution in [3.05, 3.63) is 63.9 Å². The maximum Gasteiger partial charge on any atom is 0.240 e. The maximum atomic E-state index is 13.0. The SMILES string of the molecule is CCc1ccc(OCCCC(=O)N/N=C/c2cccc(F)c2)c(Br)c1. The van der Waals surface area contributed by atoms with E-state index in [9.17, 15) is 9.18 Å². The van der Waals surface area contributed by atoms with Crippen LogP contribution >= 0.6 is 15.9 Å². The van der Waals surface area contributed by atoms with Gasteiger partial charge in [0.15, 0.2) is 0 Å². The van der Waals surface area contributed by atoms with Gasteiger partial charge in [-0.3, -0.25) is 4.79 Å². The first-order chi connectivity index (χ1) is 12.1. The molecule has 0 saturated carbocycles. The maximum absolute atomic E-state index is 13.0. The number of nitrogens with one attached hydrogen (secondary N) is 1. The van der Waals surface area contributed by atoms with Gasteiger partial charge in [-0.25, -0.2) is 9.82 Å². The minimum atomic E-state index is -0.342. The Balaban J connectivity index is 1.68. The number of halogens is 2. The van der Waals surface area contributed by atoms with Crippen LogP contribution in [-0.4, -0.2) is 18.7 Å². The quantitative estimate of drug-likeness (QED) is 0.399. The molecule has 0 spiro atoms. The van der Waals surface area contributed by atoms with Crippen molar-refractivity contribution in [2.24, 2.45) is 5.10 Å². The highest BCUT2D eigenvalue weighted by molar-refractivity contribution is 9.10. The van der Waals surface area contributed by atoms with Crippen molar-refractivity contribution in [1.29, 1.82) is 0 Å². The van der Waals surface area contributed by atoms with Gasteiger partial charge in [-0.05, 0) is 64.2 Å². The van der Waals surface area contributed by atoms with Gasteiger partial charge < -0.3 is 4.74 Å². The average Bonchev–Trinajstić information content (AvgIpc) is 2.60. The third-order valence-corrected chi connectivity index (χ3v) is 4.08. The highest BCUT2D eigenvalue weighted by Crippen LogP contribution is 2.26. The topological polar surface area (TPSA) is 50.7 Å². The summed E-state index contributed by atoms with van der Waals surface area (Å²) in [5.74, 6) is 0.212. The van der Waals surface area contributed by atoms with Crippen LogP contribution < -0.4 is 10.2 Å². The Morgan fingerprint density at radius 1 is 1.32 bits per heavy atom. The lowest BCUT2D eigenvalue weighted by Gasteiger charge is -2.09. The van der Waals surface area contributed by atoms with Crippen LogP contribution in [0.25, 0.3) is 0 Å². The van der Waals surface area contributed by atoms with E-state index in [0.717, 1.165) is 16.6 Å². The van der Waals surface area contributed by atoms with E-state index in [1.165, 1.54) is 23.9 Å². The highest BCUT2D eigenvalue weighted by Gasteiger charge is 2.04. The number of carbonyl (C=O) groups excluding carboxylic acids is 1. The minimum Gasteiger partial charge on any atom is -0.492 e. The van der Waals surface area contributed by atoms with Gasteiger partial charge >= 0.3 is 0 Å². The third-order valence-electron chi connectivity index (χ3n) is 3.46. The van der Waals surface area contributed by atoms with E-state index in [2.05, 4.69) is 33.4 Å². The van der Waals surface area contributed by atoms with E-state index in [1.807, 2.05) is 18.2 Å². The predicted molar refractivity (Wildman–Crippen MR) is 100 cm³/mol. The number of ether oxygens (including phenoxy) is 1. The van der Waals surface area contributed by atoms with Crippen LogP contribution in [0.3, 0.4) is 0 Å². The smallest absolute Gasteiger partial charge is 0.240 e. The number of amides is 1. The summed E-state index contributed by atoms with van der Waals surface area (Å²) in [5.41, 5.74) is 4.24. The van der Waals surface area contributed by atoms with E-state index in [0.29, 0.717) is 25.0 Å². The van der Waals surface area contributed by atoms with Crippen LogP contribution in [0, 0.1) is 5.82 Å². The van der Waals surface area contributed by atoms with Crippen LogP contribution in [-0.2, 0) is 11.2 Å². The van der Waals surface area contributed by atoms with Gasteiger partial charge in [0.2, 0.25) is 5.91 Å². The molecule has 0 aromatic heterocycles. The first kappa shape index (κ1) is 19.1. The summed E-state index contributed by atoms with van der Waals surface area (Å²) in [6.07, 6.45) is 3.24. The van der Waals surface area contributed by atoms with Crippen molar-refractivity contribution in [3.63, 3.8) is 0 Å². The second kappa shape index (κ2) is 9.93. The van der Waals surface area contributed by atoms with Crippen LogP contribution in [0.4, 0.5) is 4.39 Å².